The first-order valence-electron chi connectivity index (χ1n) is 6.82. The van der Waals surface area contributed by atoms with Gasteiger partial charge in [-0.1, -0.05) is 24.6 Å². The Labute approximate surface area is 129 Å². The third-order valence-corrected chi connectivity index (χ3v) is 4.36. The fourth-order valence-electron chi connectivity index (χ4n) is 1.87. The highest BCUT2D eigenvalue weighted by molar-refractivity contribution is 7.13. The molecule has 0 aliphatic heterocycles. The van der Waals surface area contributed by atoms with E-state index in [4.69, 9.17) is 11.6 Å². The predicted octanol–water partition coefficient (Wildman–Crippen LogP) is 4.91. The maximum absolute atomic E-state index is 6.13. The topological polar surface area (TPSA) is 37.0 Å². The molecule has 2 N–H and O–H groups in total. The highest BCUT2D eigenvalue weighted by Gasteiger charge is 2.10. The van der Waals surface area contributed by atoms with Crippen molar-refractivity contribution in [2.75, 3.05) is 11.9 Å². The van der Waals surface area contributed by atoms with Gasteiger partial charge in [0.05, 0.1) is 5.69 Å². The van der Waals surface area contributed by atoms with Gasteiger partial charge in [0.15, 0.2) is 5.13 Å². The Kier molecular flexibility index (Phi) is 5.40. The average Bonchev–Trinajstić information content (AvgIpc) is 2.90. The van der Waals surface area contributed by atoms with Crippen LogP contribution in [0.4, 0.5) is 10.8 Å². The number of anilines is 2. The van der Waals surface area contributed by atoms with E-state index in [0.29, 0.717) is 0 Å². The fourth-order valence-corrected chi connectivity index (χ4v) is 2.86. The minimum absolute atomic E-state index is 0.280. The number of rotatable bonds is 6. The summed E-state index contributed by atoms with van der Waals surface area (Å²) in [5.74, 6) is 0. The van der Waals surface area contributed by atoms with E-state index in [1.54, 1.807) is 11.3 Å². The Morgan fingerprint density at radius 2 is 2.20 bits per heavy atom. The van der Waals surface area contributed by atoms with Crippen molar-refractivity contribution in [3.63, 3.8) is 0 Å². The summed E-state index contributed by atoms with van der Waals surface area (Å²) >= 11 is 7.74. The van der Waals surface area contributed by atoms with E-state index in [2.05, 4.69) is 34.8 Å². The first kappa shape index (κ1) is 15.3. The van der Waals surface area contributed by atoms with Crippen molar-refractivity contribution < 1.29 is 0 Å². The van der Waals surface area contributed by atoms with Gasteiger partial charge in [0.25, 0.3) is 0 Å². The van der Waals surface area contributed by atoms with Gasteiger partial charge < -0.3 is 10.6 Å². The van der Waals surface area contributed by atoms with E-state index in [1.165, 1.54) is 0 Å². The fraction of sp³-hybridized carbons (Fsp3) is 0.400. The van der Waals surface area contributed by atoms with Gasteiger partial charge in [0.2, 0.25) is 0 Å². The summed E-state index contributed by atoms with van der Waals surface area (Å²) in [6.45, 7) is 7.31. The van der Waals surface area contributed by atoms with Crippen LogP contribution in [0.2, 0.25) is 5.02 Å². The maximum atomic E-state index is 6.13. The Morgan fingerprint density at radius 3 is 2.95 bits per heavy atom. The van der Waals surface area contributed by atoms with Crippen molar-refractivity contribution in [3.05, 3.63) is 39.9 Å². The summed E-state index contributed by atoms with van der Waals surface area (Å²) in [5.41, 5.74) is 3.13. The van der Waals surface area contributed by atoms with E-state index in [9.17, 15) is 0 Å². The van der Waals surface area contributed by atoms with Crippen molar-refractivity contribution >= 4 is 33.8 Å². The molecule has 1 unspecified atom stereocenters. The lowest BCUT2D eigenvalue weighted by Gasteiger charge is -2.10. The second-order valence-corrected chi connectivity index (χ2v) is 6.06. The minimum atomic E-state index is 0.280. The highest BCUT2D eigenvalue weighted by Crippen LogP contribution is 2.28. The number of benzene rings is 1. The zero-order valence-electron chi connectivity index (χ0n) is 12.0. The van der Waals surface area contributed by atoms with Gasteiger partial charge in [0, 0.05) is 22.1 Å². The largest absolute Gasteiger partial charge is 0.331 e. The van der Waals surface area contributed by atoms with Crippen LogP contribution in [-0.2, 0) is 0 Å². The molecule has 0 bridgehead atoms. The third kappa shape index (κ3) is 3.72. The Morgan fingerprint density at radius 1 is 1.40 bits per heavy atom. The number of hydrogen-bond acceptors (Lipinski definition) is 4. The lowest BCUT2D eigenvalue weighted by atomic mass is 10.2. The Hall–Kier alpha value is -1.10. The molecule has 1 heterocycles. The molecule has 0 saturated carbocycles. The van der Waals surface area contributed by atoms with Crippen LogP contribution < -0.4 is 10.6 Å². The molecular formula is C15H20ClN3S. The maximum Gasteiger partial charge on any atom is 0.187 e. The molecule has 108 valence electrons. The molecule has 3 nitrogen and oxygen atoms in total. The molecule has 2 rings (SSSR count). The van der Waals surface area contributed by atoms with Crippen LogP contribution in [0, 0.1) is 6.92 Å². The van der Waals surface area contributed by atoms with Crippen LogP contribution in [0.1, 0.15) is 37.6 Å². The van der Waals surface area contributed by atoms with Gasteiger partial charge in [-0.2, -0.15) is 0 Å². The molecule has 0 amide bonds. The molecule has 1 aromatic heterocycles. The second-order valence-electron chi connectivity index (χ2n) is 4.79. The number of nitrogens with one attached hydrogen (secondary N) is 2. The molecule has 0 aliphatic rings. The van der Waals surface area contributed by atoms with Crippen molar-refractivity contribution in [3.8, 4) is 0 Å². The average molecular weight is 310 g/mol. The molecular weight excluding hydrogens is 290 g/mol. The van der Waals surface area contributed by atoms with Crippen LogP contribution in [-0.4, -0.2) is 11.5 Å². The van der Waals surface area contributed by atoms with Gasteiger partial charge in [-0.15, -0.1) is 11.3 Å². The standard InChI is InChI=1S/C15H20ClN3S/c1-4-8-17-11(3)14-9-20-15(19-14)18-13-7-5-6-12(16)10(13)2/h5-7,9,11,17H,4,8H2,1-3H3,(H,18,19). The van der Waals surface area contributed by atoms with Crippen molar-refractivity contribution in [1.29, 1.82) is 0 Å². The second kappa shape index (κ2) is 7.07. The third-order valence-electron chi connectivity index (χ3n) is 3.18. The van der Waals surface area contributed by atoms with Crippen molar-refractivity contribution in [2.24, 2.45) is 0 Å². The van der Waals surface area contributed by atoms with Crippen LogP contribution in [0.3, 0.4) is 0 Å². The SMILES string of the molecule is CCCNC(C)c1csc(Nc2cccc(Cl)c2C)n1. The highest BCUT2D eigenvalue weighted by atomic mass is 35.5. The molecule has 20 heavy (non-hydrogen) atoms. The molecule has 0 fully saturated rings. The lowest BCUT2D eigenvalue weighted by Crippen LogP contribution is -2.19. The molecule has 2 aromatic rings. The Balaban J connectivity index is 2.07. The van der Waals surface area contributed by atoms with Gasteiger partial charge in [-0.3, -0.25) is 0 Å². The van der Waals surface area contributed by atoms with Crippen molar-refractivity contribution in [1.82, 2.24) is 10.3 Å². The van der Waals surface area contributed by atoms with E-state index < -0.39 is 0 Å². The van der Waals surface area contributed by atoms with Gasteiger partial charge in [0.1, 0.15) is 0 Å². The number of halogens is 1. The number of aromatic nitrogens is 1. The zero-order valence-corrected chi connectivity index (χ0v) is 13.6. The monoisotopic (exact) mass is 309 g/mol. The molecule has 1 atom stereocenters. The summed E-state index contributed by atoms with van der Waals surface area (Å²) < 4.78 is 0. The number of nitrogens with zero attached hydrogens (tertiary/aromatic N) is 1. The van der Waals surface area contributed by atoms with Crippen LogP contribution >= 0.6 is 22.9 Å². The normalized spacial score (nSPS) is 12.4. The van der Waals surface area contributed by atoms with Gasteiger partial charge >= 0.3 is 0 Å². The Bertz CT molecular complexity index is 568. The molecule has 0 aliphatic carbocycles. The van der Waals surface area contributed by atoms with Crippen LogP contribution in [0.25, 0.3) is 0 Å². The molecule has 0 spiro atoms. The van der Waals surface area contributed by atoms with E-state index in [0.717, 1.165) is 40.1 Å². The number of thiazole rings is 1. The van der Waals surface area contributed by atoms with Crippen LogP contribution in [0.5, 0.6) is 0 Å². The van der Waals surface area contributed by atoms with E-state index in [-0.39, 0.29) is 6.04 Å². The molecule has 5 heteroatoms. The van der Waals surface area contributed by atoms with E-state index >= 15 is 0 Å². The first-order chi connectivity index (χ1) is 9.61. The summed E-state index contributed by atoms with van der Waals surface area (Å²) in [6.07, 6.45) is 1.13. The molecule has 0 saturated heterocycles. The predicted molar refractivity (Wildman–Crippen MR) is 88.3 cm³/mol. The van der Waals surface area contributed by atoms with Crippen LogP contribution in [0.15, 0.2) is 23.6 Å². The molecule has 1 aromatic carbocycles. The minimum Gasteiger partial charge on any atom is -0.331 e. The number of hydrogen-bond donors (Lipinski definition) is 2. The van der Waals surface area contributed by atoms with E-state index in [1.807, 2.05) is 25.1 Å². The summed E-state index contributed by atoms with van der Waals surface area (Å²) in [6, 6.07) is 6.13. The smallest absolute Gasteiger partial charge is 0.187 e. The van der Waals surface area contributed by atoms with Crippen molar-refractivity contribution in [2.45, 2.75) is 33.2 Å². The quantitative estimate of drug-likeness (QED) is 0.796. The summed E-state index contributed by atoms with van der Waals surface area (Å²) in [4.78, 5) is 4.63. The molecule has 0 radical (unpaired) electrons. The zero-order chi connectivity index (χ0) is 14.5. The summed E-state index contributed by atoms with van der Waals surface area (Å²) in [5, 5.41) is 10.5. The summed E-state index contributed by atoms with van der Waals surface area (Å²) in [7, 11) is 0. The van der Waals surface area contributed by atoms with Gasteiger partial charge in [-0.05, 0) is 44.5 Å². The van der Waals surface area contributed by atoms with Gasteiger partial charge in [-0.25, -0.2) is 4.98 Å². The lowest BCUT2D eigenvalue weighted by molar-refractivity contribution is 0.561. The first-order valence-corrected chi connectivity index (χ1v) is 8.08.